The number of nitrogens with zero attached hydrogens (tertiary/aromatic N) is 3. The van der Waals surface area contributed by atoms with Crippen LogP contribution in [0.3, 0.4) is 0 Å². The Kier molecular flexibility index (Phi) is 5.19. The minimum absolute atomic E-state index is 0.200. The quantitative estimate of drug-likeness (QED) is 0.794. The monoisotopic (exact) mass is 328 g/mol. The van der Waals surface area contributed by atoms with Crippen molar-refractivity contribution >= 4 is 17.8 Å². The molecule has 0 saturated carbocycles. The molecule has 126 valence electrons. The van der Waals surface area contributed by atoms with Crippen molar-refractivity contribution in [3.8, 4) is 6.07 Å². The molecule has 1 heterocycles. The second-order valence-corrected chi connectivity index (χ2v) is 5.67. The van der Waals surface area contributed by atoms with Gasteiger partial charge in [0.15, 0.2) is 0 Å². The summed E-state index contributed by atoms with van der Waals surface area (Å²) in [4.78, 5) is 39.6. The van der Waals surface area contributed by atoms with Gasteiger partial charge in [0.25, 0.3) is 5.91 Å². The van der Waals surface area contributed by atoms with Crippen LogP contribution in [0.5, 0.6) is 0 Å². The largest absolute Gasteiger partial charge is 0.343 e. The Bertz CT molecular complexity index is 683. The summed E-state index contributed by atoms with van der Waals surface area (Å²) in [6, 6.07) is 10.4. The zero-order valence-corrected chi connectivity index (χ0v) is 13.8. The maximum absolute atomic E-state index is 12.9. The first-order valence-corrected chi connectivity index (χ1v) is 7.76. The third-order valence-corrected chi connectivity index (χ3v) is 4.25. The molecule has 0 aliphatic carbocycles. The summed E-state index contributed by atoms with van der Waals surface area (Å²) in [7, 11) is 1.54. The number of rotatable bonds is 6. The molecule has 1 atom stereocenters. The van der Waals surface area contributed by atoms with Crippen molar-refractivity contribution in [2.24, 2.45) is 0 Å². The summed E-state index contributed by atoms with van der Waals surface area (Å²) in [5.74, 6) is -0.808. The van der Waals surface area contributed by atoms with E-state index < -0.39 is 17.5 Å². The van der Waals surface area contributed by atoms with Gasteiger partial charge in [-0.15, -0.1) is 0 Å². The number of amides is 4. The molecule has 1 N–H and O–H groups in total. The second kappa shape index (κ2) is 7.13. The third-order valence-electron chi connectivity index (χ3n) is 4.25. The zero-order chi connectivity index (χ0) is 17.7. The number of hydrogen-bond acceptors (Lipinski definition) is 4. The van der Waals surface area contributed by atoms with Gasteiger partial charge in [0.1, 0.15) is 12.1 Å². The van der Waals surface area contributed by atoms with Crippen LogP contribution < -0.4 is 5.32 Å². The summed E-state index contributed by atoms with van der Waals surface area (Å²) in [5.41, 5.74) is -0.442. The van der Waals surface area contributed by atoms with Crippen LogP contribution in [0.25, 0.3) is 0 Å². The van der Waals surface area contributed by atoms with Crippen molar-refractivity contribution in [1.82, 2.24) is 15.1 Å². The van der Waals surface area contributed by atoms with E-state index in [1.54, 1.807) is 31.3 Å². The summed E-state index contributed by atoms with van der Waals surface area (Å²) in [6.07, 6.45) is 0.585. The maximum Gasteiger partial charge on any atom is 0.325 e. The van der Waals surface area contributed by atoms with Crippen molar-refractivity contribution in [3.05, 3.63) is 35.9 Å². The Hall–Kier alpha value is -2.88. The Balaban J connectivity index is 2.20. The van der Waals surface area contributed by atoms with Crippen LogP contribution in [0.15, 0.2) is 30.3 Å². The Labute approximate surface area is 140 Å². The molecule has 7 nitrogen and oxygen atoms in total. The van der Waals surface area contributed by atoms with Crippen molar-refractivity contribution in [2.75, 3.05) is 20.1 Å². The number of carbonyl (C=O) groups excluding carboxylic acids is 3. The molecular formula is C17H20N4O3. The van der Waals surface area contributed by atoms with Crippen LogP contribution in [-0.4, -0.2) is 47.8 Å². The zero-order valence-electron chi connectivity index (χ0n) is 13.8. The molecule has 1 aromatic carbocycles. The van der Waals surface area contributed by atoms with E-state index in [-0.39, 0.29) is 25.4 Å². The van der Waals surface area contributed by atoms with Gasteiger partial charge in [0.05, 0.1) is 12.5 Å². The minimum atomic E-state index is -1.14. The molecular weight excluding hydrogens is 308 g/mol. The molecule has 7 heteroatoms. The summed E-state index contributed by atoms with van der Waals surface area (Å²) in [5, 5.41) is 11.3. The van der Waals surface area contributed by atoms with E-state index in [1.165, 1.54) is 4.90 Å². The summed E-state index contributed by atoms with van der Waals surface area (Å²) >= 11 is 0. The van der Waals surface area contributed by atoms with E-state index in [0.717, 1.165) is 4.90 Å². The lowest BCUT2D eigenvalue weighted by Crippen LogP contribution is -2.45. The van der Waals surface area contributed by atoms with E-state index >= 15 is 0 Å². The number of likely N-dealkylation sites (N-methyl/N-ethyl adjacent to an activating group) is 1. The number of nitrogens with one attached hydrogen (secondary N) is 1. The number of carbonyl (C=O) groups is 3. The number of benzene rings is 1. The van der Waals surface area contributed by atoms with Gasteiger partial charge in [-0.3, -0.25) is 14.5 Å². The Morgan fingerprint density at radius 1 is 1.33 bits per heavy atom. The fourth-order valence-corrected chi connectivity index (χ4v) is 2.73. The van der Waals surface area contributed by atoms with Crippen molar-refractivity contribution in [1.29, 1.82) is 5.26 Å². The van der Waals surface area contributed by atoms with Gasteiger partial charge in [0, 0.05) is 13.6 Å². The van der Waals surface area contributed by atoms with Gasteiger partial charge in [-0.2, -0.15) is 5.26 Å². The normalized spacial score (nSPS) is 19.8. The van der Waals surface area contributed by atoms with E-state index in [1.807, 2.05) is 19.1 Å². The van der Waals surface area contributed by atoms with E-state index in [4.69, 9.17) is 5.26 Å². The highest BCUT2D eigenvalue weighted by molar-refractivity contribution is 6.09. The highest BCUT2D eigenvalue weighted by Crippen LogP contribution is 2.32. The first kappa shape index (κ1) is 17.5. The Morgan fingerprint density at radius 2 is 2.00 bits per heavy atom. The van der Waals surface area contributed by atoms with E-state index in [9.17, 15) is 14.4 Å². The molecule has 1 fully saturated rings. The van der Waals surface area contributed by atoms with Crippen LogP contribution in [0.4, 0.5) is 4.79 Å². The minimum Gasteiger partial charge on any atom is -0.343 e. The van der Waals surface area contributed by atoms with Crippen molar-refractivity contribution in [2.45, 2.75) is 25.3 Å². The van der Waals surface area contributed by atoms with E-state index in [0.29, 0.717) is 12.0 Å². The first-order chi connectivity index (χ1) is 11.5. The smallest absolute Gasteiger partial charge is 0.325 e. The fourth-order valence-electron chi connectivity index (χ4n) is 2.73. The van der Waals surface area contributed by atoms with E-state index in [2.05, 4.69) is 5.32 Å². The summed E-state index contributed by atoms with van der Waals surface area (Å²) < 4.78 is 0. The molecule has 1 saturated heterocycles. The average Bonchev–Trinajstić information content (AvgIpc) is 2.85. The SMILES string of the molecule is CCC1(c2ccccc2)NC(=O)N(CC(=O)N(C)CCC#N)C1=O. The molecule has 0 spiro atoms. The molecule has 0 radical (unpaired) electrons. The number of nitriles is 1. The molecule has 0 aromatic heterocycles. The second-order valence-electron chi connectivity index (χ2n) is 5.67. The Morgan fingerprint density at radius 3 is 2.58 bits per heavy atom. The first-order valence-electron chi connectivity index (χ1n) is 7.76. The third kappa shape index (κ3) is 3.08. The highest BCUT2D eigenvalue weighted by Gasteiger charge is 2.51. The van der Waals surface area contributed by atoms with Gasteiger partial charge in [-0.25, -0.2) is 4.79 Å². The lowest BCUT2D eigenvalue weighted by atomic mass is 9.87. The van der Waals surface area contributed by atoms with Crippen molar-refractivity contribution in [3.63, 3.8) is 0 Å². The summed E-state index contributed by atoms with van der Waals surface area (Å²) in [6.45, 7) is 1.74. The lowest BCUT2D eigenvalue weighted by Gasteiger charge is -2.26. The van der Waals surface area contributed by atoms with Crippen LogP contribution in [-0.2, 0) is 15.1 Å². The molecule has 1 aliphatic rings. The van der Waals surface area contributed by atoms with Crippen molar-refractivity contribution < 1.29 is 14.4 Å². The van der Waals surface area contributed by atoms with Gasteiger partial charge in [-0.1, -0.05) is 37.3 Å². The molecule has 2 rings (SSSR count). The standard InChI is InChI=1S/C17H20N4O3/c1-3-17(13-8-5-4-6-9-13)15(23)21(16(24)19-17)12-14(22)20(2)11-7-10-18/h4-6,8-9H,3,7,11-12H2,1-2H3,(H,19,24). The molecule has 1 aliphatic heterocycles. The van der Waals surface area contributed by atoms with Gasteiger partial charge in [0.2, 0.25) is 5.91 Å². The highest BCUT2D eigenvalue weighted by atomic mass is 16.2. The van der Waals surface area contributed by atoms with Crippen LogP contribution in [0, 0.1) is 11.3 Å². The van der Waals surface area contributed by atoms with Gasteiger partial charge >= 0.3 is 6.03 Å². The molecule has 0 bridgehead atoms. The molecule has 1 unspecified atom stereocenters. The van der Waals surface area contributed by atoms with Gasteiger partial charge in [-0.05, 0) is 12.0 Å². The number of imide groups is 1. The molecule has 1 aromatic rings. The van der Waals surface area contributed by atoms with Crippen LogP contribution in [0.1, 0.15) is 25.3 Å². The van der Waals surface area contributed by atoms with Crippen LogP contribution >= 0.6 is 0 Å². The number of hydrogen-bond donors (Lipinski definition) is 1. The maximum atomic E-state index is 12.9. The molecule has 4 amide bonds. The predicted octanol–water partition coefficient (Wildman–Crippen LogP) is 1.22. The fraction of sp³-hybridized carbons (Fsp3) is 0.412. The molecule has 24 heavy (non-hydrogen) atoms. The average molecular weight is 328 g/mol. The number of urea groups is 1. The predicted molar refractivity (Wildman–Crippen MR) is 86.5 cm³/mol. The van der Waals surface area contributed by atoms with Gasteiger partial charge < -0.3 is 10.2 Å². The lowest BCUT2D eigenvalue weighted by molar-refractivity contribution is -0.138. The topological polar surface area (TPSA) is 93.5 Å². The van der Waals surface area contributed by atoms with Crippen LogP contribution in [0.2, 0.25) is 0 Å².